The lowest BCUT2D eigenvalue weighted by Gasteiger charge is -2.19. The van der Waals surface area contributed by atoms with Gasteiger partial charge in [0, 0.05) is 12.3 Å². The minimum atomic E-state index is -0.639. The van der Waals surface area contributed by atoms with Crippen LogP contribution in [0.2, 0.25) is 5.02 Å². The van der Waals surface area contributed by atoms with Crippen LogP contribution in [0.5, 0.6) is 5.75 Å². The van der Waals surface area contributed by atoms with Gasteiger partial charge in [-0.2, -0.15) is 5.26 Å². The van der Waals surface area contributed by atoms with E-state index in [2.05, 4.69) is 10.3 Å². The van der Waals surface area contributed by atoms with Crippen molar-refractivity contribution in [3.63, 3.8) is 0 Å². The molecule has 0 fully saturated rings. The van der Waals surface area contributed by atoms with E-state index in [0.717, 1.165) is 24.7 Å². The van der Waals surface area contributed by atoms with Gasteiger partial charge in [0.15, 0.2) is 0 Å². The number of benzene rings is 1. The monoisotopic (exact) mass is 333 g/mol. The average Bonchev–Trinajstić information content (AvgIpc) is 2.57. The number of rotatable bonds is 7. The summed E-state index contributed by atoms with van der Waals surface area (Å²) >= 11 is 5.81. The van der Waals surface area contributed by atoms with Gasteiger partial charge in [-0.15, -0.1) is 0 Å². The fourth-order valence-electron chi connectivity index (χ4n) is 2.16. The van der Waals surface area contributed by atoms with E-state index in [4.69, 9.17) is 21.6 Å². The van der Waals surface area contributed by atoms with Crippen molar-refractivity contribution in [2.75, 3.05) is 13.6 Å². The third kappa shape index (κ3) is 4.65. The molecule has 1 N–H and O–H groups in total. The summed E-state index contributed by atoms with van der Waals surface area (Å²) in [7, 11) is 1.88. The summed E-state index contributed by atoms with van der Waals surface area (Å²) in [5.74, 6) is -0.376. The van der Waals surface area contributed by atoms with Crippen LogP contribution in [0.15, 0.2) is 36.5 Å². The molecular formula is C17H17ClFN3O. The number of hydrogen-bond acceptors (Lipinski definition) is 4. The van der Waals surface area contributed by atoms with Crippen molar-refractivity contribution in [3.05, 3.63) is 58.6 Å². The molecule has 0 saturated heterocycles. The Kier molecular flexibility index (Phi) is 6.33. The number of nitriles is 1. The molecule has 120 valence electrons. The van der Waals surface area contributed by atoms with E-state index >= 15 is 0 Å². The first kappa shape index (κ1) is 17.2. The summed E-state index contributed by atoms with van der Waals surface area (Å²) in [4.78, 5) is 4.31. The lowest BCUT2D eigenvalue weighted by molar-refractivity contribution is 0.186. The minimum absolute atomic E-state index is 0.0750. The van der Waals surface area contributed by atoms with Gasteiger partial charge >= 0.3 is 0 Å². The van der Waals surface area contributed by atoms with Crippen LogP contribution in [0.1, 0.15) is 30.2 Å². The third-order valence-electron chi connectivity index (χ3n) is 3.32. The predicted octanol–water partition coefficient (Wildman–Crippen LogP) is 3.87. The molecule has 0 radical (unpaired) electrons. The normalized spacial score (nSPS) is 11.7. The van der Waals surface area contributed by atoms with E-state index in [0.29, 0.717) is 6.42 Å². The molecule has 6 heteroatoms. The van der Waals surface area contributed by atoms with Crippen LogP contribution in [-0.2, 0) is 0 Å². The lowest BCUT2D eigenvalue weighted by Crippen LogP contribution is -2.14. The van der Waals surface area contributed by atoms with Crippen molar-refractivity contribution in [1.82, 2.24) is 10.3 Å². The molecule has 0 aliphatic carbocycles. The second kappa shape index (κ2) is 8.47. The molecule has 2 aromatic rings. The zero-order chi connectivity index (χ0) is 16.7. The summed E-state index contributed by atoms with van der Waals surface area (Å²) in [5, 5.41) is 12.2. The smallest absolute Gasteiger partial charge is 0.143 e. The standard InChI is InChI=1S/C17H17ClFN3O/c1-21-7-4-6-16(15-5-2-3-8-22-15)23-17-10-13(18)14(19)9-12(17)11-20/h2-3,5,8-10,16,21H,4,6-7H2,1H3. The maximum absolute atomic E-state index is 13.5. The summed E-state index contributed by atoms with van der Waals surface area (Å²) in [6.45, 7) is 0.835. The number of nitrogens with one attached hydrogen (secondary N) is 1. The van der Waals surface area contributed by atoms with Crippen LogP contribution in [-0.4, -0.2) is 18.6 Å². The maximum Gasteiger partial charge on any atom is 0.143 e. The van der Waals surface area contributed by atoms with Crippen molar-refractivity contribution in [3.8, 4) is 11.8 Å². The Labute approximate surface area is 139 Å². The molecule has 4 nitrogen and oxygen atoms in total. The summed E-state index contributed by atoms with van der Waals surface area (Å²) in [6, 6.07) is 9.91. The van der Waals surface area contributed by atoms with E-state index in [9.17, 15) is 4.39 Å². The molecule has 1 atom stereocenters. The minimum Gasteiger partial charge on any atom is -0.483 e. The van der Waals surface area contributed by atoms with E-state index in [1.165, 1.54) is 6.07 Å². The second-order valence-corrected chi connectivity index (χ2v) is 5.39. The van der Waals surface area contributed by atoms with E-state index in [1.54, 1.807) is 6.20 Å². The molecule has 1 unspecified atom stereocenters. The molecule has 0 amide bonds. The highest BCUT2D eigenvalue weighted by atomic mass is 35.5. The van der Waals surface area contributed by atoms with Crippen LogP contribution in [0.25, 0.3) is 0 Å². The Hall–Kier alpha value is -2.16. The molecule has 23 heavy (non-hydrogen) atoms. The van der Waals surface area contributed by atoms with Gasteiger partial charge in [0.25, 0.3) is 0 Å². The third-order valence-corrected chi connectivity index (χ3v) is 3.61. The SMILES string of the molecule is CNCCCC(Oc1cc(Cl)c(F)cc1C#N)c1ccccn1. The maximum atomic E-state index is 13.5. The van der Waals surface area contributed by atoms with Crippen LogP contribution in [0, 0.1) is 17.1 Å². The molecule has 1 aromatic carbocycles. The highest BCUT2D eigenvalue weighted by Crippen LogP contribution is 2.31. The fourth-order valence-corrected chi connectivity index (χ4v) is 2.32. The molecule has 1 aromatic heterocycles. The van der Waals surface area contributed by atoms with Gasteiger partial charge in [0.1, 0.15) is 23.7 Å². The molecule has 0 bridgehead atoms. The summed E-state index contributed by atoms with van der Waals surface area (Å²) in [5.41, 5.74) is 0.870. The highest BCUT2D eigenvalue weighted by Gasteiger charge is 2.18. The number of nitrogens with zero attached hydrogens (tertiary/aromatic N) is 2. The second-order valence-electron chi connectivity index (χ2n) is 4.98. The summed E-state index contributed by atoms with van der Waals surface area (Å²) < 4.78 is 19.4. The van der Waals surface area contributed by atoms with Crippen molar-refractivity contribution < 1.29 is 9.13 Å². The van der Waals surface area contributed by atoms with Crippen LogP contribution >= 0.6 is 11.6 Å². The number of halogens is 2. The Balaban J connectivity index is 2.27. The Morgan fingerprint density at radius 2 is 2.26 bits per heavy atom. The molecule has 1 heterocycles. The van der Waals surface area contributed by atoms with Crippen molar-refractivity contribution >= 4 is 11.6 Å². The first-order valence-corrected chi connectivity index (χ1v) is 7.65. The van der Waals surface area contributed by atoms with Gasteiger partial charge < -0.3 is 10.1 Å². The van der Waals surface area contributed by atoms with Crippen LogP contribution in [0.3, 0.4) is 0 Å². The highest BCUT2D eigenvalue weighted by molar-refractivity contribution is 6.30. The first-order valence-electron chi connectivity index (χ1n) is 7.27. The molecule has 0 aliphatic rings. The lowest BCUT2D eigenvalue weighted by atomic mass is 10.1. The van der Waals surface area contributed by atoms with Gasteiger partial charge in [-0.1, -0.05) is 17.7 Å². The van der Waals surface area contributed by atoms with Gasteiger partial charge in [0.05, 0.1) is 16.3 Å². The molecule has 0 spiro atoms. The van der Waals surface area contributed by atoms with Crippen LogP contribution < -0.4 is 10.1 Å². The largest absolute Gasteiger partial charge is 0.483 e. The number of ether oxygens (including phenoxy) is 1. The van der Waals surface area contributed by atoms with Crippen molar-refractivity contribution in [2.45, 2.75) is 18.9 Å². The topological polar surface area (TPSA) is 57.9 Å². The van der Waals surface area contributed by atoms with E-state index in [1.807, 2.05) is 31.3 Å². The number of pyridine rings is 1. The van der Waals surface area contributed by atoms with Crippen molar-refractivity contribution in [1.29, 1.82) is 5.26 Å². The Morgan fingerprint density at radius 3 is 2.91 bits per heavy atom. The predicted molar refractivity (Wildman–Crippen MR) is 86.9 cm³/mol. The molecule has 0 saturated carbocycles. The van der Waals surface area contributed by atoms with Crippen molar-refractivity contribution in [2.24, 2.45) is 0 Å². The van der Waals surface area contributed by atoms with Gasteiger partial charge in [-0.05, 0) is 44.6 Å². The van der Waals surface area contributed by atoms with E-state index in [-0.39, 0.29) is 22.4 Å². The molecule has 0 aliphatic heterocycles. The average molecular weight is 334 g/mol. The first-order chi connectivity index (χ1) is 11.2. The fraction of sp³-hybridized carbons (Fsp3) is 0.294. The van der Waals surface area contributed by atoms with E-state index < -0.39 is 5.82 Å². The molecular weight excluding hydrogens is 317 g/mol. The number of hydrogen-bond donors (Lipinski definition) is 1. The zero-order valence-electron chi connectivity index (χ0n) is 12.7. The Morgan fingerprint density at radius 1 is 1.43 bits per heavy atom. The Bertz CT molecular complexity index is 688. The quantitative estimate of drug-likeness (QED) is 0.781. The van der Waals surface area contributed by atoms with Crippen LogP contribution in [0.4, 0.5) is 4.39 Å². The van der Waals surface area contributed by atoms with Gasteiger partial charge in [-0.25, -0.2) is 4.39 Å². The summed E-state index contributed by atoms with van der Waals surface area (Å²) in [6.07, 6.45) is 2.93. The molecule has 2 rings (SSSR count). The number of aromatic nitrogens is 1. The zero-order valence-corrected chi connectivity index (χ0v) is 13.5. The van der Waals surface area contributed by atoms with Gasteiger partial charge in [-0.3, -0.25) is 4.98 Å². The van der Waals surface area contributed by atoms with Gasteiger partial charge in [0.2, 0.25) is 0 Å².